The van der Waals surface area contributed by atoms with Crippen LogP contribution >= 0.6 is 0 Å². The largest absolute Gasteiger partial charge is 0.477 e. The topological polar surface area (TPSA) is 64.6 Å². The van der Waals surface area contributed by atoms with Gasteiger partial charge in [0, 0.05) is 25.4 Å². The third-order valence-electron chi connectivity index (χ3n) is 3.80. The molecule has 1 fully saturated rings. The van der Waals surface area contributed by atoms with E-state index in [1.54, 1.807) is 0 Å². The van der Waals surface area contributed by atoms with Crippen LogP contribution in [0.3, 0.4) is 0 Å². The number of hydrogen-bond donors (Lipinski definition) is 0. The van der Waals surface area contributed by atoms with Gasteiger partial charge in [0.15, 0.2) is 17.5 Å². The van der Waals surface area contributed by atoms with Crippen LogP contribution in [0.15, 0.2) is 24.5 Å². The fourth-order valence-corrected chi connectivity index (χ4v) is 2.56. The molecule has 1 aliphatic rings. The molecule has 0 aliphatic carbocycles. The van der Waals surface area contributed by atoms with Crippen molar-refractivity contribution in [3.05, 3.63) is 47.5 Å². The predicted octanol–water partition coefficient (Wildman–Crippen LogP) is 2.20. The molecule has 1 amide bonds. The van der Waals surface area contributed by atoms with Gasteiger partial charge in [-0.05, 0) is 12.1 Å². The number of carbonyl (C=O) groups excluding carboxylic acids is 1. The Labute approximate surface area is 141 Å². The van der Waals surface area contributed by atoms with Crippen LogP contribution in [0.1, 0.15) is 16.8 Å². The van der Waals surface area contributed by atoms with Gasteiger partial charge in [-0.3, -0.25) is 4.79 Å². The van der Waals surface area contributed by atoms with Crippen molar-refractivity contribution in [1.82, 2.24) is 14.9 Å². The lowest BCUT2D eigenvalue weighted by Gasteiger charge is -2.18. The number of rotatable bonds is 4. The number of amides is 1. The summed E-state index contributed by atoms with van der Waals surface area (Å²) >= 11 is 0. The summed E-state index contributed by atoms with van der Waals surface area (Å²) in [5, 5.41) is 0. The highest BCUT2D eigenvalue weighted by atomic mass is 19.2. The Balaban J connectivity index is 1.70. The Morgan fingerprint density at radius 2 is 1.88 bits per heavy atom. The molecule has 1 aromatic carbocycles. The molecule has 0 spiro atoms. The number of hydrogen-bond acceptors (Lipinski definition) is 5. The monoisotopic (exact) mass is 353 g/mol. The Morgan fingerprint density at radius 1 is 1.16 bits per heavy atom. The zero-order valence-electron chi connectivity index (χ0n) is 13.2. The molecule has 0 radical (unpaired) electrons. The number of nitrogens with zero attached hydrogens (tertiary/aromatic N) is 3. The Hall–Kier alpha value is -2.84. The molecule has 25 heavy (non-hydrogen) atoms. The van der Waals surface area contributed by atoms with Crippen molar-refractivity contribution in [3.63, 3.8) is 0 Å². The number of benzene rings is 1. The number of carbonyl (C=O) groups is 1. The lowest BCUT2D eigenvalue weighted by molar-refractivity contribution is 0.0764. The molecule has 0 N–H and O–H groups in total. The van der Waals surface area contributed by atoms with Crippen molar-refractivity contribution in [2.75, 3.05) is 20.2 Å². The van der Waals surface area contributed by atoms with Gasteiger partial charge in [-0.25, -0.2) is 23.1 Å². The van der Waals surface area contributed by atoms with Crippen molar-refractivity contribution in [2.45, 2.75) is 12.5 Å². The van der Waals surface area contributed by atoms with E-state index < -0.39 is 35.0 Å². The van der Waals surface area contributed by atoms with E-state index in [0.29, 0.717) is 6.42 Å². The number of methoxy groups -OCH3 is 1. The van der Waals surface area contributed by atoms with Crippen molar-refractivity contribution < 1.29 is 27.4 Å². The van der Waals surface area contributed by atoms with Crippen molar-refractivity contribution >= 4 is 5.91 Å². The molecule has 3 rings (SSSR count). The van der Waals surface area contributed by atoms with Crippen LogP contribution in [0, 0.1) is 17.5 Å². The van der Waals surface area contributed by atoms with Crippen LogP contribution in [0.25, 0.3) is 0 Å². The van der Waals surface area contributed by atoms with Crippen LogP contribution in [0.5, 0.6) is 11.8 Å². The van der Waals surface area contributed by atoms with Crippen LogP contribution in [0.4, 0.5) is 13.2 Å². The number of ether oxygens (including phenoxy) is 2. The van der Waals surface area contributed by atoms with Gasteiger partial charge in [0.2, 0.25) is 0 Å². The van der Waals surface area contributed by atoms with Gasteiger partial charge in [-0.1, -0.05) is 0 Å². The SMILES string of the molecule is COc1nccnc1OC1CCN(C(=O)c2ccc(F)c(F)c2F)C1. The summed E-state index contributed by atoms with van der Waals surface area (Å²) in [6.45, 7) is 0.432. The number of likely N-dealkylation sites (tertiary alicyclic amines) is 1. The third-order valence-corrected chi connectivity index (χ3v) is 3.80. The highest BCUT2D eigenvalue weighted by Crippen LogP contribution is 2.25. The smallest absolute Gasteiger partial charge is 0.278 e. The van der Waals surface area contributed by atoms with E-state index in [4.69, 9.17) is 9.47 Å². The first-order valence-electron chi connectivity index (χ1n) is 7.45. The first kappa shape index (κ1) is 17.0. The summed E-state index contributed by atoms with van der Waals surface area (Å²) in [4.78, 5) is 21.6. The summed E-state index contributed by atoms with van der Waals surface area (Å²) in [6, 6.07) is 1.65. The molecule has 0 bridgehead atoms. The molecule has 2 aromatic rings. The summed E-state index contributed by atoms with van der Waals surface area (Å²) in [5.41, 5.74) is -0.517. The standard InChI is InChI=1S/C16H14F3N3O3/c1-24-14-15(21-6-5-20-14)25-9-4-7-22(8-9)16(23)10-2-3-11(17)13(19)12(10)18/h2-3,5-6,9H,4,7-8H2,1H3. The van der Waals surface area contributed by atoms with Gasteiger partial charge in [0.25, 0.3) is 17.7 Å². The van der Waals surface area contributed by atoms with Gasteiger partial charge >= 0.3 is 0 Å². The van der Waals surface area contributed by atoms with Crippen molar-refractivity contribution in [2.24, 2.45) is 0 Å². The second kappa shape index (κ2) is 6.96. The second-order valence-electron chi connectivity index (χ2n) is 5.37. The molecule has 1 unspecified atom stereocenters. The number of aromatic nitrogens is 2. The predicted molar refractivity (Wildman–Crippen MR) is 79.8 cm³/mol. The maximum absolute atomic E-state index is 13.8. The maximum atomic E-state index is 13.8. The summed E-state index contributed by atoms with van der Waals surface area (Å²) in [6.07, 6.45) is 2.95. The van der Waals surface area contributed by atoms with E-state index in [1.807, 2.05) is 0 Å². The van der Waals surface area contributed by atoms with E-state index >= 15 is 0 Å². The van der Waals surface area contributed by atoms with E-state index in [-0.39, 0.29) is 24.8 Å². The average molecular weight is 353 g/mol. The normalized spacial score (nSPS) is 16.8. The average Bonchev–Trinajstić information content (AvgIpc) is 3.08. The highest BCUT2D eigenvalue weighted by molar-refractivity contribution is 5.94. The summed E-state index contributed by atoms with van der Waals surface area (Å²) in [7, 11) is 1.42. The van der Waals surface area contributed by atoms with E-state index in [0.717, 1.165) is 12.1 Å². The third kappa shape index (κ3) is 3.35. The first-order chi connectivity index (χ1) is 12.0. The molecule has 2 heterocycles. The molecular weight excluding hydrogens is 339 g/mol. The molecular formula is C16H14F3N3O3. The molecule has 1 saturated heterocycles. The molecule has 9 heteroatoms. The van der Waals surface area contributed by atoms with E-state index in [9.17, 15) is 18.0 Å². The Kier molecular flexibility index (Phi) is 4.73. The minimum atomic E-state index is -1.66. The summed E-state index contributed by atoms with van der Waals surface area (Å²) in [5.74, 6) is -4.84. The fraction of sp³-hybridized carbons (Fsp3) is 0.312. The first-order valence-corrected chi connectivity index (χ1v) is 7.45. The molecule has 1 aliphatic heterocycles. The number of halogens is 3. The van der Waals surface area contributed by atoms with Crippen LogP contribution in [0.2, 0.25) is 0 Å². The zero-order valence-corrected chi connectivity index (χ0v) is 13.2. The van der Waals surface area contributed by atoms with E-state index in [2.05, 4.69) is 9.97 Å². The van der Waals surface area contributed by atoms with Crippen LogP contribution in [-0.4, -0.2) is 47.1 Å². The lowest BCUT2D eigenvalue weighted by Crippen LogP contribution is -2.32. The minimum Gasteiger partial charge on any atom is -0.477 e. The Bertz CT molecular complexity index is 803. The van der Waals surface area contributed by atoms with Gasteiger partial charge in [0.1, 0.15) is 6.10 Å². The minimum absolute atomic E-state index is 0.150. The second-order valence-corrected chi connectivity index (χ2v) is 5.37. The van der Waals surface area contributed by atoms with Crippen molar-refractivity contribution in [1.29, 1.82) is 0 Å². The van der Waals surface area contributed by atoms with E-state index in [1.165, 1.54) is 24.4 Å². The van der Waals surface area contributed by atoms with Gasteiger partial charge in [-0.2, -0.15) is 0 Å². The maximum Gasteiger partial charge on any atom is 0.278 e. The fourth-order valence-electron chi connectivity index (χ4n) is 2.56. The quantitative estimate of drug-likeness (QED) is 0.789. The van der Waals surface area contributed by atoms with Gasteiger partial charge < -0.3 is 14.4 Å². The Morgan fingerprint density at radius 3 is 2.60 bits per heavy atom. The molecule has 1 aromatic heterocycles. The van der Waals surface area contributed by atoms with Crippen LogP contribution in [-0.2, 0) is 0 Å². The summed E-state index contributed by atoms with van der Waals surface area (Å²) < 4.78 is 50.8. The lowest BCUT2D eigenvalue weighted by atomic mass is 10.1. The zero-order chi connectivity index (χ0) is 18.0. The molecule has 0 saturated carbocycles. The molecule has 1 atom stereocenters. The van der Waals surface area contributed by atoms with Gasteiger partial charge in [0.05, 0.1) is 19.2 Å². The highest BCUT2D eigenvalue weighted by Gasteiger charge is 2.31. The van der Waals surface area contributed by atoms with Crippen molar-refractivity contribution in [3.8, 4) is 11.8 Å². The van der Waals surface area contributed by atoms with Crippen LogP contribution < -0.4 is 9.47 Å². The molecule has 6 nitrogen and oxygen atoms in total. The molecule has 132 valence electrons. The van der Waals surface area contributed by atoms with Gasteiger partial charge in [-0.15, -0.1) is 0 Å².